The van der Waals surface area contributed by atoms with E-state index in [4.69, 9.17) is 5.73 Å². The van der Waals surface area contributed by atoms with E-state index in [0.29, 0.717) is 12.1 Å². The minimum absolute atomic E-state index is 0.0970. The fourth-order valence-corrected chi connectivity index (χ4v) is 2.17. The van der Waals surface area contributed by atoms with E-state index in [9.17, 15) is 4.79 Å². The van der Waals surface area contributed by atoms with Crippen molar-refractivity contribution in [1.29, 1.82) is 0 Å². The van der Waals surface area contributed by atoms with Crippen molar-refractivity contribution >= 4 is 32.6 Å². The third-order valence-electron chi connectivity index (χ3n) is 3.03. The van der Waals surface area contributed by atoms with Crippen molar-refractivity contribution < 1.29 is 4.79 Å². The Hall–Kier alpha value is -1.39. The topological polar surface area (TPSA) is 55.1 Å². The van der Waals surface area contributed by atoms with Crippen LogP contribution in [0.2, 0.25) is 0 Å². The van der Waals surface area contributed by atoms with Crippen LogP contribution in [0.1, 0.15) is 24.2 Å². The van der Waals surface area contributed by atoms with Crippen LogP contribution in [0.4, 0.5) is 0 Å². The average molecular weight is 321 g/mol. The number of benzene rings is 2. The first-order chi connectivity index (χ1) is 8.91. The van der Waals surface area contributed by atoms with Gasteiger partial charge in [0.2, 0.25) is 0 Å². The van der Waals surface area contributed by atoms with Crippen molar-refractivity contribution in [3.8, 4) is 0 Å². The van der Waals surface area contributed by atoms with Crippen LogP contribution in [0.3, 0.4) is 0 Å². The van der Waals surface area contributed by atoms with Crippen LogP contribution in [0.15, 0.2) is 40.9 Å². The van der Waals surface area contributed by atoms with Gasteiger partial charge < -0.3 is 11.1 Å². The molecule has 2 aromatic carbocycles. The second-order valence-electron chi connectivity index (χ2n) is 5.25. The standard InChI is InChI=1S/C15H17BrN2O/c1-15(2,9-17)18-14(19)12-4-3-11-8-13(16)6-5-10(11)7-12/h3-8H,9,17H2,1-2H3,(H,18,19). The van der Waals surface area contributed by atoms with Crippen molar-refractivity contribution in [2.45, 2.75) is 19.4 Å². The molecule has 100 valence electrons. The van der Waals surface area contributed by atoms with Crippen molar-refractivity contribution in [2.24, 2.45) is 5.73 Å². The number of carbonyl (C=O) groups is 1. The van der Waals surface area contributed by atoms with E-state index in [2.05, 4.69) is 21.2 Å². The molecule has 0 saturated carbocycles. The molecule has 0 aliphatic carbocycles. The summed E-state index contributed by atoms with van der Waals surface area (Å²) >= 11 is 3.44. The Morgan fingerprint density at radius 1 is 1.21 bits per heavy atom. The zero-order valence-corrected chi connectivity index (χ0v) is 12.6. The summed E-state index contributed by atoms with van der Waals surface area (Å²) < 4.78 is 1.03. The molecule has 0 spiro atoms. The monoisotopic (exact) mass is 320 g/mol. The maximum Gasteiger partial charge on any atom is 0.251 e. The Morgan fingerprint density at radius 2 is 1.84 bits per heavy atom. The fourth-order valence-electron chi connectivity index (χ4n) is 1.79. The summed E-state index contributed by atoms with van der Waals surface area (Å²) in [5, 5.41) is 5.07. The van der Waals surface area contributed by atoms with E-state index in [1.165, 1.54) is 0 Å². The van der Waals surface area contributed by atoms with Gasteiger partial charge in [-0.3, -0.25) is 4.79 Å². The molecule has 0 aliphatic rings. The van der Waals surface area contributed by atoms with Gasteiger partial charge in [-0.15, -0.1) is 0 Å². The number of fused-ring (bicyclic) bond motifs is 1. The highest BCUT2D eigenvalue weighted by Crippen LogP contribution is 2.21. The highest BCUT2D eigenvalue weighted by molar-refractivity contribution is 9.10. The van der Waals surface area contributed by atoms with E-state index >= 15 is 0 Å². The second kappa shape index (κ2) is 5.31. The lowest BCUT2D eigenvalue weighted by atomic mass is 10.0. The molecular formula is C15H17BrN2O. The van der Waals surface area contributed by atoms with E-state index in [1.807, 2.05) is 50.2 Å². The third-order valence-corrected chi connectivity index (χ3v) is 3.52. The predicted octanol–water partition coefficient (Wildman–Crippen LogP) is 3.07. The van der Waals surface area contributed by atoms with Crippen LogP contribution < -0.4 is 11.1 Å². The first-order valence-electron chi connectivity index (χ1n) is 6.13. The summed E-state index contributed by atoms with van der Waals surface area (Å²) in [4.78, 5) is 12.2. The fraction of sp³-hybridized carbons (Fsp3) is 0.267. The number of carbonyl (C=O) groups excluding carboxylic acids is 1. The Kier molecular flexibility index (Phi) is 3.92. The lowest BCUT2D eigenvalue weighted by Crippen LogP contribution is -2.48. The van der Waals surface area contributed by atoms with Gasteiger partial charge in [-0.1, -0.05) is 28.1 Å². The molecule has 2 aromatic rings. The second-order valence-corrected chi connectivity index (χ2v) is 6.16. The quantitative estimate of drug-likeness (QED) is 0.913. The number of amides is 1. The average Bonchev–Trinajstić information content (AvgIpc) is 2.37. The number of hydrogen-bond donors (Lipinski definition) is 2. The normalized spacial score (nSPS) is 11.6. The Bertz CT molecular complexity index is 623. The molecule has 19 heavy (non-hydrogen) atoms. The minimum Gasteiger partial charge on any atom is -0.346 e. The minimum atomic E-state index is -0.397. The molecule has 0 heterocycles. The molecule has 0 saturated heterocycles. The van der Waals surface area contributed by atoms with Gasteiger partial charge in [0, 0.05) is 22.1 Å². The maximum absolute atomic E-state index is 12.2. The molecule has 4 heteroatoms. The van der Waals surface area contributed by atoms with Gasteiger partial charge in [0.25, 0.3) is 5.91 Å². The molecule has 0 atom stereocenters. The predicted molar refractivity (Wildman–Crippen MR) is 82.2 cm³/mol. The number of nitrogens with two attached hydrogens (primary N) is 1. The number of nitrogens with one attached hydrogen (secondary N) is 1. The van der Waals surface area contributed by atoms with Gasteiger partial charge in [-0.25, -0.2) is 0 Å². The lowest BCUT2D eigenvalue weighted by molar-refractivity contribution is 0.0916. The first-order valence-corrected chi connectivity index (χ1v) is 6.92. The molecule has 3 N–H and O–H groups in total. The summed E-state index contributed by atoms with van der Waals surface area (Å²) in [5.74, 6) is -0.0970. The summed E-state index contributed by atoms with van der Waals surface area (Å²) in [5.41, 5.74) is 5.87. The first kappa shape index (κ1) is 14.0. The van der Waals surface area contributed by atoms with Gasteiger partial charge in [-0.2, -0.15) is 0 Å². The van der Waals surface area contributed by atoms with Gasteiger partial charge in [0.1, 0.15) is 0 Å². The van der Waals surface area contributed by atoms with Gasteiger partial charge in [0.05, 0.1) is 0 Å². The van der Waals surface area contributed by atoms with Crippen molar-refractivity contribution in [3.05, 3.63) is 46.4 Å². The van der Waals surface area contributed by atoms with Gasteiger partial charge in [0.15, 0.2) is 0 Å². The van der Waals surface area contributed by atoms with Crippen LogP contribution in [0, 0.1) is 0 Å². The summed E-state index contributed by atoms with van der Waals surface area (Å²) in [6.45, 7) is 4.21. The van der Waals surface area contributed by atoms with Crippen molar-refractivity contribution in [2.75, 3.05) is 6.54 Å². The molecule has 0 bridgehead atoms. The lowest BCUT2D eigenvalue weighted by Gasteiger charge is -2.24. The van der Waals surface area contributed by atoms with Crippen LogP contribution in [-0.4, -0.2) is 18.0 Å². The van der Waals surface area contributed by atoms with Crippen LogP contribution in [0.5, 0.6) is 0 Å². The molecule has 0 aromatic heterocycles. The van der Waals surface area contributed by atoms with Crippen molar-refractivity contribution in [1.82, 2.24) is 5.32 Å². The van der Waals surface area contributed by atoms with E-state index in [1.54, 1.807) is 0 Å². The molecule has 0 radical (unpaired) electrons. The van der Waals surface area contributed by atoms with Crippen LogP contribution in [0.25, 0.3) is 10.8 Å². The zero-order chi connectivity index (χ0) is 14.0. The molecule has 0 fully saturated rings. The molecular weight excluding hydrogens is 304 g/mol. The maximum atomic E-state index is 12.2. The van der Waals surface area contributed by atoms with E-state index in [0.717, 1.165) is 15.2 Å². The molecule has 0 aliphatic heterocycles. The van der Waals surface area contributed by atoms with Crippen molar-refractivity contribution in [3.63, 3.8) is 0 Å². The van der Waals surface area contributed by atoms with Crippen LogP contribution in [-0.2, 0) is 0 Å². The molecule has 2 rings (SSSR count). The Labute approximate surface area is 121 Å². The molecule has 3 nitrogen and oxygen atoms in total. The summed E-state index contributed by atoms with van der Waals surface area (Å²) in [6, 6.07) is 11.7. The third kappa shape index (κ3) is 3.33. The number of hydrogen-bond acceptors (Lipinski definition) is 2. The largest absolute Gasteiger partial charge is 0.346 e. The Balaban J connectivity index is 2.31. The molecule has 0 unspecified atom stereocenters. The highest BCUT2D eigenvalue weighted by atomic mass is 79.9. The SMILES string of the molecule is CC(C)(CN)NC(=O)c1ccc2cc(Br)ccc2c1. The summed E-state index contributed by atoms with van der Waals surface area (Å²) in [6.07, 6.45) is 0. The highest BCUT2D eigenvalue weighted by Gasteiger charge is 2.19. The number of halogens is 1. The molecule has 1 amide bonds. The number of rotatable bonds is 3. The van der Waals surface area contributed by atoms with E-state index < -0.39 is 5.54 Å². The van der Waals surface area contributed by atoms with E-state index in [-0.39, 0.29) is 5.91 Å². The zero-order valence-electron chi connectivity index (χ0n) is 11.0. The smallest absolute Gasteiger partial charge is 0.251 e. The van der Waals surface area contributed by atoms with Gasteiger partial charge in [-0.05, 0) is 48.9 Å². The van der Waals surface area contributed by atoms with Crippen LogP contribution >= 0.6 is 15.9 Å². The summed E-state index contributed by atoms with van der Waals surface area (Å²) in [7, 11) is 0. The Morgan fingerprint density at radius 3 is 2.53 bits per heavy atom. The van der Waals surface area contributed by atoms with Gasteiger partial charge >= 0.3 is 0 Å².